The van der Waals surface area contributed by atoms with Crippen molar-refractivity contribution in [1.29, 1.82) is 0 Å². The molecule has 0 fully saturated rings. The van der Waals surface area contributed by atoms with Gasteiger partial charge in [-0.3, -0.25) is 9.78 Å². The first kappa shape index (κ1) is 24.3. The Morgan fingerprint density at radius 1 is 1.09 bits per heavy atom. The molecule has 1 aromatic heterocycles. The minimum Gasteiger partial charge on any atom is -0.489 e. The van der Waals surface area contributed by atoms with E-state index in [2.05, 4.69) is 10.3 Å². The number of hydrogen-bond donors (Lipinski definition) is 1. The Morgan fingerprint density at radius 2 is 1.88 bits per heavy atom. The SMILES string of the molecule is CCOC(=O)CC(CS(=O)(=O)c1ccc(OCc2cccc(NC)c2)cc1)c1cccnc1. The number of aromatic nitrogens is 1. The maximum absolute atomic E-state index is 13.1. The van der Waals surface area contributed by atoms with E-state index in [1.165, 1.54) is 12.1 Å². The van der Waals surface area contributed by atoms with Gasteiger partial charge in [-0.1, -0.05) is 18.2 Å². The zero-order valence-electron chi connectivity index (χ0n) is 18.7. The molecule has 174 valence electrons. The van der Waals surface area contributed by atoms with Crippen LogP contribution in [0, 0.1) is 0 Å². The quantitative estimate of drug-likeness (QED) is 0.421. The van der Waals surface area contributed by atoms with E-state index < -0.39 is 21.7 Å². The number of pyridine rings is 1. The largest absolute Gasteiger partial charge is 0.489 e. The first-order valence-electron chi connectivity index (χ1n) is 10.7. The Balaban J connectivity index is 1.70. The second-order valence-corrected chi connectivity index (χ2v) is 9.52. The molecular weight excluding hydrogens is 440 g/mol. The van der Waals surface area contributed by atoms with Gasteiger partial charge in [0.15, 0.2) is 9.84 Å². The summed E-state index contributed by atoms with van der Waals surface area (Å²) in [4.78, 5) is 16.3. The molecule has 8 heteroatoms. The molecule has 2 aromatic carbocycles. The van der Waals surface area contributed by atoms with Crippen molar-refractivity contribution in [1.82, 2.24) is 4.98 Å². The predicted octanol–water partition coefficient (Wildman–Crippen LogP) is 4.21. The number of carbonyl (C=O) groups excluding carboxylic acids is 1. The van der Waals surface area contributed by atoms with E-state index in [0.29, 0.717) is 17.9 Å². The summed E-state index contributed by atoms with van der Waals surface area (Å²) in [5, 5.41) is 3.08. The summed E-state index contributed by atoms with van der Waals surface area (Å²) in [6.07, 6.45) is 3.15. The Morgan fingerprint density at radius 3 is 2.55 bits per heavy atom. The molecule has 1 heterocycles. The molecule has 3 aromatic rings. The first-order chi connectivity index (χ1) is 15.9. The smallest absolute Gasteiger partial charge is 0.306 e. The lowest BCUT2D eigenvalue weighted by Gasteiger charge is -2.17. The van der Waals surface area contributed by atoms with Crippen LogP contribution in [0.2, 0.25) is 0 Å². The van der Waals surface area contributed by atoms with E-state index in [1.54, 1.807) is 43.6 Å². The average molecular weight is 469 g/mol. The number of nitrogens with one attached hydrogen (secondary N) is 1. The molecule has 0 saturated heterocycles. The molecule has 0 amide bonds. The number of benzene rings is 2. The monoisotopic (exact) mass is 468 g/mol. The van der Waals surface area contributed by atoms with Crippen molar-refractivity contribution >= 4 is 21.5 Å². The highest BCUT2D eigenvalue weighted by molar-refractivity contribution is 7.91. The minimum atomic E-state index is -3.66. The Kier molecular flexibility index (Phi) is 8.43. The van der Waals surface area contributed by atoms with Gasteiger partial charge in [-0.15, -0.1) is 0 Å². The zero-order chi connectivity index (χ0) is 23.7. The zero-order valence-corrected chi connectivity index (χ0v) is 19.5. The normalized spacial score (nSPS) is 12.1. The lowest BCUT2D eigenvalue weighted by atomic mass is 10.00. The number of anilines is 1. The van der Waals surface area contributed by atoms with Gasteiger partial charge in [0, 0.05) is 31.0 Å². The number of ether oxygens (including phenoxy) is 2. The van der Waals surface area contributed by atoms with Gasteiger partial charge in [-0.2, -0.15) is 0 Å². The van der Waals surface area contributed by atoms with Crippen LogP contribution in [0.25, 0.3) is 0 Å². The molecule has 1 unspecified atom stereocenters. The van der Waals surface area contributed by atoms with E-state index in [1.807, 2.05) is 31.3 Å². The fourth-order valence-electron chi connectivity index (χ4n) is 3.40. The van der Waals surface area contributed by atoms with Crippen molar-refractivity contribution in [3.63, 3.8) is 0 Å². The molecular formula is C25H28N2O5S. The first-order valence-corrected chi connectivity index (χ1v) is 12.3. The highest BCUT2D eigenvalue weighted by Gasteiger charge is 2.25. The third kappa shape index (κ3) is 7.05. The van der Waals surface area contributed by atoms with Crippen LogP contribution in [0.5, 0.6) is 5.75 Å². The van der Waals surface area contributed by atoms with Crippen molar-refractivity contribution in [2.75, 3.05) is 24.7 Å². The maximum atomic E-state index is 13.1. The van der Waals surface area contributed by atoms with Gasteiger partial charge >= 0.3 is 5.97 Å². The molecule has 33 heavy (non-hydrogen) atoms. The lowest BCUT2D eigenvalue weighted by Crippen LogP contribution is -2.19. The second kappa shape index (κ2) is 11.5. The number of carbonyl (C=O) groups is 1. The van der Waals surface area contributed by atoms with Crippen LogP contribution < -0.4 is 10.1 Å². The fourth-order valence-corrected chi connectivity index (χ4v) is 4.98. The number of esters is 1. The van der Waals surface area contributed by atoms with Crippen LogP contribution in [0.4, 0.5) is 5.69 Å². The van der Waals surface area contributed by atoms with Gasteiger partial charge in [-0.25, -0.2) is 8.42 Å². The van der Waals surface area contributed by atoms with Crippen LogP contribution in [0.15, 0.2) is 78.0 Å². The number of nitrogens with zero attached hydrogens (tertiary/aromatic N) is 1. The summed E-state index contributed by atoms with van der Waals surface area (Å²) < 4.78 is 37.0. The summed E-state index contributed by atoms with van der Waals surface area (Å²) in [6.45, 7) is 2.32. The number of rotatable bonds is 11. The molecule has 0 saturated carbocycles. The highest BCUT2D eigenvalue weighted by atomic mass is 32.2. The van der Waals surface area contributed by atoms with Gasteiger partial charge in [-0.05, 0) is 60.5 Å². The van der Waals surface area contributed by atoms with Gasteiger partial charge < -0.3 is 14.8 Å². The maximum Gasteiger partial charge on any atom is 0.306 e. The summed E-state index contributed by atoms with van der Waals surface area (Å²) in [6, 6.07) is 17.7. The van der Waals surface area contributed by atoms with Crippen LogP contribution >= 0.6 is 0 Å². The number of hydrogen-bond acceptors (Lipinski definition) is 7. The lowest BCUT2D eigenvalue weighted by molar-refractivity contribution is -0.143. The summed E-state index contributed by atoms with van der Waals surface area (Å²) >= 11 is 0. The molecule has 1 atom stereocenters. The summed E-state index contributed by atoms with van der Waals surface area (Å²) in [5.41, 5.74) is 2.67. The molecule has 0 aliphatic heterocycles. The van der Waals surface area contributed by atoms with Gasteiger partial charge in [0.1, 0.15) is 12.4 Å². The Labute approximate surface area is 194 Å². The van der Waals surface area contributed by atoms with Crippen LogP contribution in [-0.4, -0.2) is 38.8 Å². The van der Waals surface area contributed by atoms with E-state index in [9.17, 15) is 13.2 Å². The Hall–Kier alpha value is -3.39. The standard InChI is InChI=1S/C25H28N2O5S/c1-3-31-25(28)15-21(20-7-5-13-27-16-20)18-33(29,30)24-11-9-23(10-12-24)32-17-19-6-4-8-22(14-19)26-2/h4-14,16,21,26H,3,15,17-18H2,1-2H3. The molecule has 0 aliphatic carbocycles. The number of sulfone groups is 1. The molecule has 3 rings (SSSR count). The molecule has 0 aliphatic rings. The van der Waals surface area contributed by atoms with Crippen LogP contribution in [0.3, 0.4) is 0 Å². The summed E-state index contributed by atoms with van der Waals surface area (Å²) in [7, 11) is -1.81. The van der Waals surface area contributed by atoms with Crippen molar-refractivity contribution in [2.45, 2.75) is 30.8 Å². The molecule has 0 radical (unpaired) electrons. The molecule has 0 bridgehead atoms. The van der Waals surface area contributed by atoms with Crippen molar-refractivity contribution < 1.29 is 22.7 Å². The predicted molar refractivity (Wildman–Crippen MR) is 127 cm³/mol. The highest BCUT2D eigenvalue weighted by Crippen LogP contribution is 2.26. The van der Waals surface area contributed by atoms with Gasteiger partial charge in [0.05, 0.1) is 23.7 Å². The van der Waals surface area contributed by atoms with Crippen molar-refractivity contribution in [2.24, 2.45) is 0 Å². The van der Waals surface area contributed by atoms with E-state index in [0.717, 1.165) is 11.3 Å². The van der Waals surface area contributed by atoms with Gasteiger partial charge in [0.2, 0.25) is 0 Å². The van der Waals surface area contributed by atoms with Crippen molar-refractivity contribution in [3.05, 3.63) is 84.2 Å². The van der Waals surface area contributed by atoms with Crippen LogP contribution in [-0.2, 0) is 26.0 Å². The van der Waals surface area contributed by atoms with Gasteiger partial charge in [0.25, 0.3) is 0 Å². The van der Waals surface area contributed by atoms with E-state index in [-0.39, 0.29) is 23.7 Å². The molecule has 0 spiro atoms. The third-order valence-corrected chi connectivity index (χ3v) is 6.93. The second-order valence-electron chi connectivity index (χ2n) is 7.48. The third-order valence-electron chi connectivity index (χ3n) is 5.10. The Bertz CT molecular complexity index is 1150. The molecule has 1 N–H and O–H groups in total. The fraction of sp³-hybridized carbons (Fsp3) is 0.280. The summed E-state index contributed by atoms with van der Waals surface area (Å²) in [5.74, 6) is -0.654. The topological polar surface area (TPSA) is 94.6 Å². The van der Waals surface area contributed by atoms with E-state index in [4.69, 9.17) is 9.47 Å². The van der Waals surface area contributed by atoms with E-state index >= 15 is 0 Å². The van der Waals surface area contributed by atoms with Crippen molar-refractivity contribution in [3.8, 4) is 5.75 Å². The van der Waals surface area contributed by atoms with Crippen LogP contribution in [0.1, 0.15) is 30.4 Å². The molecule has 7 nitrogen and oxygen atoms in total. The average Bonchev–Trinajstić information content (AvgIpc) is 2.83. The minimum absolute atomic E-state index is 0.0361.